The first-order valence-corrected chi connectivity index (χ1v) is 7.37. The highest BCUT2D eigenvalue weighted by atomic mass is 35.5. The Kier molecular flexibility index (Phi) is 7.37. The van der Waals surface area contributed by atoms with Crippen LogP contribution in [-0.4, -0.2) is 31.1 Å². The Morgan fingerprint density at radius 1 is 1.05 bits per heavy atom. The van der Waals surface area contributed by atoms with Crippen molar-refractivity contribution in [2.24, 2.45) is 0 Å². The van der Waals surface area contributed by atoms with Crippen molar-refractivity contribution >= 4 is 35.6 Å². The molecule has 22 heavy (non-hydrogen) atoms. The normalized spacial score (nSPS) is 16.4. The number of nitrogens with zero attached hydrogens (tertiary/aromatic N) is 1. The van der Waals surface area contributed by atoms with Crippen LogP contribution in [-0.2, 0) is 0 Å². The molecule has 0 bridgehead atoms. The van der Waals surface area contributed by atoms with Crippen LogP contribution in [0.1, 0.15) is 17.2 Å². The van der Waals surface area contributed by atoms with E-state index in [-0.39, 0.29) is 24.8 Å². The Morgan fingerprint density at radius 2 is 1.68 bits per heavy atom. The van der Waals surface area contributed by atoms with Crippen LogP contribution >= 0.6 is 24.8 Å². The van der Waals surface area contributed by atoms with Crippen LogP contribution in [0.3, 0.4) is 0 Å². The maximum Gasteiger partial charge on any atom is 0.0536 e. The molecule has 0 unspecified atom stereocenters. The maximum atomic E-state index is 4.08. The van der Waals surface area contributed by atoms with Crippen LogP contribution in [0.2, 0.25) is 0 Å². The standard InChI is InChI=1S/C18H22N2.2ClH/c1-3-18(20-12-10-19-11-13-20)17-9-8-14(2)15-6-4-5-7-16(15)17;;/h3-9,18-19H,1,10-13H2,2H3;2*1H/t18-;;/m0../s1. The quantitative estimate of drug-likeness (QED) is 0.846. The van der Waals surface area contributed by atoms with E-state index in [0.29, 0.717) is 6.04 Å². The summed E-state index contributed by atoms with van der Waals surface area (Å²) in [6.07, 6.45) is 2.09. The lowest BCUT2D eigenvalue weighted by molar-refractivity contribution is 0.204. The summed E-state index contributed by atoms with van der Waals surface area (Å²) in [6, 6.07) is 13.5. The third kappa shape index (κ3) is 3.64. The first kappa shape index (κ1) is 19.0. The first-order valence-electron chi connectivity index (χ1n) is 7.37. The smallest absolute Gasteiger partial charge is 0.0536 e. The number of fused-ring (bicyclic) bond motifs is 1. The molecular formula is C18H24Cl2N2. The van der Waals surface area contributed by atoms with Crippen molar-refractivity contribution in [3.8, 4) is 0 Å². The summed E-state index contributed by atoms with van der Waals surface area (Å²) in [4.78, 5) is 2.51. The molecule has 1 fully saturated rings. The van der Waals surface area contributed by atoms with E-state index < -0.39 is 0 Å². The minimum absolute atomic E-state index is 0. The summed E-state index contributed by atoms with van der Waals surface area (Å²) >= 11 is 0. The second kappa shape index (κ2) is 8.54. The fourth-order valence-corrected chi connectivity index (χ4v) is 3.16. The fourth-order valence-electron chi connectivity index (χ4n) is 3.16. The Balaban J connectivity index is 0.00000121. The van der Waals surface area contributed by atoms with E-state index in [1.807, 2.05) is 0 Å². The predicted molar refractivity (Wildman–Crippen MR) is 101 cm³/mol. The molecule has 1 atom stereocenters. The summed E-state index contributed by atoms with van der Waals surface area (Å²) in [5.74, 6) is 0. The third-order valence-corrected chi connectivity index (χ3v) is 4.26. The lowest BCUT2D eigenvalue weighted by atomic mass is 9.94. The van der Waals surface area contributed by atoms with Crippen molar-refractivity contribution in [1.82, 2.24) is 10.2 Å². The number of halogens is 2. The monoisotopic (exact) mass is 338 g/mol. The Morgan fingerprint density at radius 3 is 2.32 bits per heavy atom. The van der Waals surface area contributed by atoms with Gasteiger partial charge in [0.25, 0.3) is 0 Å². The minimum atomic E-state index is 0. The van der Waals surface area contributed by atoms with Gasteiger partial charge in [-0.1, -0.05) is 42.5 Å². The zero-order chi connectivity index (χ0) is 13.9. The number of hydrogen-bond donors (Lipinski definition) is 1. The molecule has 2 aromatic rings. The predicted octanol–water partition coefficient (Wildman–Crippen LogP) is 4.12. The fraction of sp³-hybridized carbons (Fsp3) is 0.333. The van der Waals surface area contributed by atoms with E-state index >= 15 is 0 Å². The van der Waals surface area contributed by atoms with Crippen LogP contribution in [0.25, 0.3) is 10.8 Å². The van der Waals surface area contributed by atoms with Crippen molar-refractivity contribution in [3.05, 3.63) is 60.2 Å². The van der Waals surface area contributed by atoms with Crippen molar-refractivity contribution in [3.63, 3.8) is 0 Å². The molecule has 0 saturated carbocycles. The molecule has 2 aromatic carbocycles. The summed E-state index contributed by atoms with van der Waals surface area (Å²) in [6.45, 7) is 10.6. The summed E-state index contributed by atoms with van der Waals surface area (Å²) in [7, 11) is 0. The van der Waals surface area contributed by atoms with Crippen molar-refractivity contribution in [1.29, 1.82) is 0 Å². The molecule has 0 radical (unpaired) electrons. The molecule has 0 amide bonds. The molecular weight excluding hydrogens is 315 g/mol. The van der Waals surface area contributed by atoms with Gasteiger partial charge in [-0.15, -0.1) is 31.4 Å². The highest BCUT2D eigenvalue weighted by Crippen LogP contribution is 2.31. The molecule has 120 valence electrons. The molecule has 4 heteroatoms. The summed E-state index contributed by atoms with van der Waals surface area (Å²) < 4.78 is 0. The van der Waals surface area contributed by atoms with Crippen LogP contribution in [0.5, 0.6) is 0 Å². The number of piperazine rings is 1. The van der Waals surface area contributed by atoms with Gasteiger partial charge in [-0.05, 0) is 28.8 Å². The summed E-state index contributed by atoms with van der Waals surface area (Å²) in [5.41, 5.74) is 2.72. The second-order valence-electron chi connectivity index (χ2n) is 5.48. The van der Waals surface area contributed by atoms with Gasteiger partial charge in [0.1, 0.15) is 0 Å². The second-order valence-corrected chi connectivity index (χ2v) is 5.48. The zero-order valence-electron chi connectivity index (χ0n) is 12.9. The van der Waals surface area contributed by atoms with E-state index in [4.69, 9.17) is 0 Å². The van der Waals surface area contributed by atoms with Gasteiger partial charge in [0.2, 0.25) is 0 Å². The Bertz CT molecular complexity index is 622. The molecule has 1 aliphatic rings. The average Bonchev–Trinajstić information content (AvgIpc) is 2.52. The number of nitrogens with one attached hydrogen (secondary N) is 1. The van der Waals surface area contributed by atoms with Crippen LogP contribution in [0.15, 0.2) is 49.1 Å². The number of hydrogen-bond acceptors (Lipinski definition) is 2. The molecule has 0 aliphatic carbocycles. The van der Waals surface area contributed by atoms with Gasteiger partial charge in [0.15, 0.2) is 0 Å². The highest BCUT2D eigenvalue weighted by molar-refractivity contribution is 5.89. The SMILES string of the molecule is C=C[C@@H](c1ccc(C)c2ccccc12)N1CCNCC1.Cl.Cl. The van der Waals surface area contributed by atoms with Gasteiger partial charge in [0, 0.05) is 26.2 Å². The highest BCUT2D eigenvalue weighted by Gasteiger charge is 2.21. The Labute approximate surface area is 145 Å². The minimum Gasteiger partial charge on any atom is -0.314 e. The lowest BCUT2D eigenvalue weighted by Gasteiger charge is -2.34. The largest absolute Gasteiger partial charge is 0.314 e. The van der Waals surface area contributed by atoms with Gasteiger partial charge in [-0.2, -0.15) is 0 Å². The van der Waals surface area contributed by atoms with Crippen LogP contribution in [0, 0.1) is 6.92 Å². The van der Waals surface area contributed by atoms with Gasteiger partial charge in [-0.3, -0.25) is 4.90 Å². The van der Waals surface area contributed by atoms with Crippen molar-refractivity contribution in [2.75, 3.05) is 26.2 Å². The van der Waals surface area contributed by atoms with Gasteiger partial charge in [-0.25, -0.2) is 0 Å². The number of aryl methyl sites for hydroxylation is 1. The van der Waals surface area contributed by atoms with Gasteiger partial charge in [0.05, 0.1) is 6.04 Å². The van der Waals surface area contributed by atoms with Gasteiger partial charge < -0.3 is 5.32 Å². The van der Waals surface area contributed by atoms with Crippen LogP contribution in [0.4, 0.5) is 0 Å². The molecule has 0 aromatic heterocycles. The Hall–Kier alpha value is -1.06. The van der Waals surface area contributed by atoms with Crippen molar-refractivity contribution < 1.29 is 0 Å². The molecule has 0 spiro atoms. The van der Waals surface area contributed by atoms with E-state index in [1.54, 1.807) is 0 Å². The van der Waals surface area contributed by atoms with E-state index in [2.05, 4.69) is 66.2 Å². The average molecular weight is 339 g/mol. The number of benzene rings is 2. The van der Waals surface area contributed by atoms with Crippen molar-refractivity contribution in [2.45, 2.75) is 13.0 Å². The molecule has 1 aliphatic heterocycles. The molecule has 1 heterocycles. The van der Waals surface area contributed by atoms with E-state index in [0.717, 1.165) is 26.2 Å². The van der Waals surface area contributed by atoms with Gasteiger partial charge >= 0.3 is 0 Å². The molecule has 1 N–H and O–H groups in total. The van der Waals surface area contributed by atoms with E-state index in [1.165, 1.54) is 21.9 Å². The zero-order valence-corrected chi connectivity index (χ0v) is 14.6. The molecule has 3 rings (SSSR count). The number of rotatable bonds is 3. The first-order chi connectivity index (χ1) is 9.81. The molecule has 1 saturated heterocycles. The van der Waals surface area contributed by atoms with Crippen LogP contribution < -0.4 is 5.32 Å². The topological polar surface area (TPSA) is 15.3 Å². The lowest BCUT2D eigenvalue weighted by Crippen LogP contribution is -2.44. The molecule has 2 nitrogen and oxygen atoms in total. The third-order valence-electron chi connectivity index (χ3n) is 4.26. The summed E-state index contributed by atoms with van der Waals surface area (Å²) in [5, 5.41) is 6.13. The van der Waals surface area contributed by atoms with E-state index in [9.17, 15) is 0 Å². The maximum absolute atomic E-state index is 4.08.